The number of nitrogens with two attached hydrogens (primary N) is 2. The van der Waals surface area contributed by atoms with E-state index >= 15 is 0 Å². The average molecular weight is 516 g/mol. The molecule has 178 valence electrons. The van der Waals surface area contributed by atoms with Crippen LogP contribution in [0.1, 0.15) is 12.5 Å². The number of β-lactam (4-membered cyclic amide) rings is 1. The van der Waals surface area contributed by atoms with E-state index in [1.807, 2.05) is 4.90 Å². The van der Waals surface area contributed by atoms with Crippen LogP contribution in [0.25, 0.3) is 0 Å². The highest BCUT2D eigenvalue weighted by Gasteiger charge is 2.69. The number of nitrogen functional groups attached to an aromatic ring is 1. The number of thioether (sulfide) groups is 1. The van der Waals surface area contributed by atoms with Gasteiger partial charge in [-0.25, -0.2) is 4.79 Å². The SMILES string of the molecule is CC(=O)NC1C=C(C(=O)O)N2C(=O)[C@@](C(N)=O)(c3cc(N(CCCl)CCCl)ccc3N)[C@@H]2S1. The molecule has 3 rings (SSSR count). The molecule has 33 heavy (non-hydrogen) atoms. The molecule has 2 aliphatic heterocycles. The Morgan fingerprint density at radius 1 is 1.27 bits per heavy atom. The van der Waals surface area contributed by atoms with E-state index < -0.39 is 39.9 Å². The summed E-state index contributed by atoms with van der Waals surface area (Å²) in [5, 5.41) is 10.4. The van der Waals surface area contributed by atoms with Crippen LogP contribution < -0.4 is 21.7 Å². The van der Waals surface area contributed by atoms with Crippen molar-refractivity contribution in [3.8, 4) is 0 Å². The lowest BCUT2D eigenvalue weighted by molar-refractivity contribution is -0.160. The molecule has 10 nitrogen and oxygen atoms in total. The second-order valence-electron chi connectivity index (χ2n) is 7.45. The zero-order chi connectivity index (χ0) is 24.5. The van der Waals surface area contributed by atoms with Gasteiger partial charge in [-0.1, -0.05) is 0 Å². The van der Waals surface area contributed by atoms with Crippen molar-refractivity contribution >= 4 is 70.0 Å². The normalized spacial score (nSPS) is 23.8. The number of alkyl halides is 2. The highest BCUT2D eigenvalue weighted by atomic mass is 35.5. The molecule has 2 heterocycles. The first kappa shape index (κ1) is 25.0. The smallest absolute Gasteiger partial charge is 0.352 e. The predicted octanol–water partition coefficient (Wildman–Crippen LogP) is 0.622. The summed E-state index contributed by atoms with van der Waals surface area (Å²) in [6.07, 6.45) is 1.25. The van der Waals surface area contributed by atoms with E-state index in [9.17, 15) is 24.3 Å². The lowest BCUT2D eigenvalue weighted by Crippen LogP contribution is -2.76. The summed E-state index contributed by atoms with van der Waals surface area (Å²) in [6.45, 7) is 2.18. The van der Waals surface area contributed by atoms with Gasteiger partial charge in [-0.15, -0.1) is 35.0 Å². The summed E-state index contributed by atoms with van der Waals surface area (Å²) >= 11 is 12.8. The summed E-state index contributed by atoms with van der Waals surface area (Å²) in [5.41, 5.74) is 10.6. The van der Waals surface area contributed by atoms with Gasteiger partial charge < -0.3 is 26.8 Å². The number of hydrogen-bond acceptors (Lipinski definition) is 7. The largest absolute Gasteiger partial charge is 0.477 e. The summed E-state index contributed by atoms with van der Waals surface area (Å²) < 4.78 is 0. The van der Waals surface area contributed by atoms with Crippen LogP contribution in [0.5, 0.6) is 0 Å². The van der Waals surface area contributed by atoms with Crippen LogP contribution in [-0.2, 0) is 24.6 Å². The number of halogens is 2. The maximum Gasteiger partial charge on any atom is 0.352 e. The Hall–Kier alpha value is -2.63. The fraction of sp³-hybridized carbons (Fsp3) is 0.400. The number of nitrogens with one attached hydrogen (secondary N) is 1. The van der Waals surface area contributed by atoms with Crippen LogP contribution in [0.4, 0.5) is 11.4 Å². The molecule has 0 radical (unpaired) electrons. The molecule has 0 spiro atoms. The topological polar surface area (TPSA) is 159 Å². The molecule has 0 aliphatic carbocycles. The third-order valence-electron chi connectivity index (χ3n) is 5.49. The molecule has 0 aromatic heterocycles. The minimum Gasteiger partial charge on any atom is -0.477 e. The molecule has 1 aromatic rings. The van der Waals surface area contributed by atoms with Gasteiger partial charge in [0.05, 0.1) is 5.37 Å². The fourth-order valence-corrected chi connectivity index (χ4v) is 6.05. The van der Waals surface area contributed by atoms with Gasteiger partial charge in [0.25, 0.3) is 5.91 Å². The van der Waals surface area contributed by atoms with Crippen molar-refractivity contribution in [3.05, 3.63) is 35.5 Å². The molecule has 13 heteroatoms. The van der Waals surface area contributed by atoms with E-state index in [1.165, 1.54) is 13.0 Å². The number of primary amides is 1. The molecule has 1 saturated heterocycles. The molecule has 1 fully saturated rings. The summed E-state index contributed by atoms with van der Waals surface area (Å²) in [4.78, 5) is 52.6. The first-order valence-electron chi connectivity index (χ1n) is 9.87. The van der Waals surface area contributed by atoms with Crippen LogP contribution in [0.15, 0.2) is 30.0 Å². The number of aliphatic carboxylic acids is 1. The number of fused-ring (bicyclic) bond motifs is 1. The molecular weight excluding hydrogens is 493 g/mol. The van der Waals surface area contributed by atoms with E-state index in [-0.39, 0.29) is 16.9 Å². The average Bonchev–Trinajstić information content (AvgIpc) is 2.73. The van der Waals surface area contributed by atoms with Gasteiger partial charge in [0.2, 0.25) is 11.8 Å². The number of carboxylic acids is 1. The highest BCUT2D eigenvalue weighted by Crippen LogP contribution is 2.54. The van der Waals surface area contributed by atoms with Gasteiger partial charge in [-0.05, 0) is 24.3 Å². The summed E-state index contributed by atoms with van der Waals surface area (Å²) in [7, 11) is 0. The molecule has 0 saturated carbocycles. The molecule has 6 N–H and O–H groups in total. The van der Waals surface area contributed by atoms with Crippen LogP contribution >= 0.6 is 35.0 Å². The monoisotopic (exact) mass is 515 g/mol. The molecule has 3 amide bonds. The number of anilines is 2. The number of carboxylic acid groups (broad SMARTS) is 1. The fourth-order valence-electron chi connectivity index (χ4n) is 4.05. The maximum absolute atomic E-state index is 13.4. The Bertz CT molecular complexity index is 1030. The third-order valence-corrected chi connectivity index (χ3v) is 7.20. The quantitative estimate of drug-likeness (QED) is 0.161. The van der Waals surface area contributed by atoms with Crippen molar-refractivity contribution in [2.24, 2.45) is 5.73 Å². The maximum atomic E-state index is 13.4. The minimum atomic E-state index is -1.93. The van der Waals surface area contributed by atoms with E-state index in [0.717, 1.165) is 16.7 Å². The second-order valence-corrected chi connectivity index (χ2v) is 9.43. The third kappa shape index (κ3) is 4.20. The zero-order valence-corrected chi connectivity index (χ0v) is 19.9. The van der Waals surface area contributed by atoms with E-state index in [4.69, 9.17) is 34.7 Å². The molecule has 3 atom stereocenters. The van der Waals surface area contributed by atoms with Crippen molar-refractivity contribution in [2.45, 2.75) is 23.1 Å². The van der Waals surface area contributed by atoms with Gasteiger partial charge in [0.15, 0.2) is 5.41 Å². The Morgan fingerprint density at radius 2 is 1.91 bits per heavy atom. The van der Waals surface area contributed by atoms with Crippen LogP contribution in [0.3, 0.4) is 0 Å². The Morgan fingerprint density at radius 3 is 2.42 bits per heavy atom. The molecule has 0 bridgehead atoms. The van der Waals surface area contributed by atoms with E-state index in [1.54, 1.807) is 18.2 Å². The van der Waals surface area contributed by atoms with Gasteiger partial charge in [-0.2, -0.15) is 0 Å². The number of nitrogens with zero attached hydrogens (tertiary/aromatic N) is 2. The van der Waals surface area contributed by atoms with Crippen LogP contribution in [0, 0.1) is 0 Å². The summed E-state index contributed by atoms with van der Waals surface area (Å²) in [5.74, 6) is -2.93. The van der Waals surface area contributed by atoms with Crippen molar-refractivity contribution < 1.29 is 24.3 Å². The van der Waals surface area contributed by atoms with E-state index in [0.29, 0.717) is 30.5 Å². The van der Waals surface area contributed by atoms with Crippen LogP contribution in [-0.4, -0.2) is 69.3 Å². The number of rotatable bonds is 9. The van der Waals surface area contributed by atoms with Crippen molar-refractivity contribution in [1.29, 1.82) is 0 Å². The van der Waals surface area contributed by atoms with Crippen LogP contribution in [0.2, 0.25) is 0 Å². The van der Waals surface area contributed by atoms with Crippen molar-refractivity contribution in [1.82, 2.24) is 10.2 Å². The van der Waals surface area contributed by atoms with Crippen molar-refractivity contribution in [2.75, 3.05) is 35.5 Å². The molecule has 1 aromatic carbocycles. The molecule has 2 aliphatic rings. The highest BCUT2D eigenvalue weighted by molar-refractivity contribution is 8.00. The van der Waals surface area contributed by atoms with Gasteiger partial charge in [0, 0.05) is 48.7 Å². The number of benzene rings is 1. The number of carbonyl (C=O) groups is 4. The number of carbonyl (C=O) groups excluding carboxylic acids is 3. The van der Waals surface area contributed by atoms with E-state index in [2.05, 4.69) is 5.32 Å². The Kier molecular flexibility index (Phi) is 7.35. The molecular formula is C20H23Cl2N5O5S. The predicted molar refractivity (Wildman–Crippen MR) is 127 cm³/mol. The second kappa shape index (κ2) is 9.70. The zero-order valence-electron chi connectivity index (χ0n) is 17.6. The Labute approximate surface area is 204 Å². The lowest BCUT2D eigenvalue weighted by atomic mass is 9.70. The number of hydrogen-bond donors (Lipinski definition) is 4. The van der Waals surface area contributed by atoms with Crippen molar-refractivity contribution in [3.63, 3.8) is 0 Å². The van der Waals surface area contributed by atoms with Gasteiger partial charge in [0.1, 0.15) is 11.1 Å². The van der Waals surface area contributed by atoms with Gasteiger partial charge >= 0.3 is 5.97 Å². The Balaban J connectivity index is 2.14. The number of amides is 3. The summed E-state index contributed by atoms with van der Waals surface area (Å²) in [6, 6.07) is 4.85. The lowest BCUT2D eigenvalue weighted by Gasteiger charge is -2.56. The van der Waals surface area contributed by atoms with Gasteiger partial charge in [-0.3, -0.25) is 19.3 Å². The standard InChI is InChI=1S/C20H23Cl2N5O5S/c1-10(28)25-15-9-14(16(29)30)27-18(32)20(17(24)31,19(27)33-15)12-8-11(2-3-13(12)23)26(6-4-21)7-5-22/h2-3,8-9,15,19H,4-7,23H2,1H3,(H2,24,31)(H,25,28)(H,29,30)/t15?,19-,20-/m0/s1. The minimum absolute atomic E-state index is 0.144. The molecule has 1 unspecified atom stereocenters. The first-order chi connectivity index (χ1) is 15.6. The first-order valence-corrected chi connectivity index (χ1v) is 11.9.